The van der Waals surface area contributed by atoms with Crippen LogP contribution in [0.25, 0.3) is 0 Å². The lowest BCUT2D eigenvalue weighted by Gasteiger charge is -2.17. The predicted molar refractivity (Wildman–Crippen MR) is 40.6 cm³/mol. The zero-order valence-electron chi connectivity index (χ0n) is 6.04. The molecule has 0 saturated heterocycles. The van der Waals surface area contributed by atoms with Crippen LogP contribution in [0.3, 0.4) is 0 Å². The van der Waals surface area contributed by atoms with Crippen molar-refractivity contribution in [2.75, 3.05) is 13.6 Å². The van der Waals surface area contributed by atoms with Crippen LogP contribution in [-0.2, 0) is 0 Å². The molecule has 0 aliphatic carbocycles. The summed E-state index contributed by atoms with van der Waals surface area (Å²) < 4.78 is 0. The summed E-state index contributed by atoms with van der Waals surface area (Å²) in [6.07, 6.45) is 5.86. The molecule has 0 aromatic heterocycles. The number of hydrogen-bond acceptors (Lipinski definition) is 2. The van der Waals surface area contributed by atoms with Crippen molar-refractivity contribution in [1.82, 2.24) is 4.90 Å². The number of aliphatic hydroxyl groups is 1. The van der Waals surface area contributed by atoms with E-state index >= 15 is 0 Å². The summed E-state index contributed by atoms with van der Waals surface area (Å²) in [6.45, 7) is 1.01. The van der Waals surface area contributed by atoms with Crippen molar-refractivity contribution < 1.29 is 5.11 Å². The van der Waals surface area contributed by atoms with Gasteiger partial charge in [-0.25, -0.2) is 0 Å². The van der Waals surface area contributed by atoms with Crippen LogP contribution in [0.1, 0.15) is 6.42 Å². The molecule has 1 N–H and O–H groups in total. The van der Waals surface area contributed by atoms with E-state index in [1.165, 1.54) is 0 Å². The summed E-state index contributed by atoms with van der Waals surface area (Å²) >= 11 is 0. The van der Waals surface area contributed by atoms with Gasteiger partial charge in [0.05, 0.1) is 0 Å². The molecular weight excluding hydrogens is 126 g/mol. The van der Waals surface area contributed by atoms with Gasteiger partial charge in [0.2, 0.25) is 0 Å². The van der Waals surface area contributed by atoms with Crippen LogP contribution in [0.15, 0.2) is 29.8 Å². The monoisotopic (exact) mass is 137 g/mol. The molecule has 0 fully saturated rings. The third kappa shape index (κ3) is 1.67. The Labute approximate surface area is 60.8 Å². The first-order chi connectivity index (χ1) is 4.83. The third-order valence-electron chi connectivity index (χ3n) is 1.51. The Hall–Kier alpha value is -1.14. The molecule has 0 spiro atoms. The lowest BCUT2D eigenvalue weighted by molar-refractivity contribution is 0.447. The second-order valence-corrected chi connectivity index (χ2v) is 2.35. The van der Waals surface area contributed by atoms with Crippen LogP contribution in [0.4, 0.5) is 0 Å². The van der Waals surface area contributed by atoms with E-state index in [1.54, 1.807) is 0 Å². The van der Waals surface area contributed by atoms with Gasteiger partial charge >= 0.3 is 0 Å². The topological polar surface area (TPSA) is 23.5 Å². The normalized spacial score (nSPS) is 16.9. The van der Waals surface area contributed by atoms with Gasteiger partial charge in [-0.1, -0.05) is 5.73 Å². The quantitative estimate of drug-likeness (QED) is 0.403. The highest BCUT2D eigenvalue weighted by Crippen LogP contribution is 2.08. The second kappa shape index (κ2) is 3.14. The van der Waals surface area contributed by atoms with Crippen LogP contribution >= 0.6 is 0 Å². The summed E-state index contributed by atoms with van der Waals surface area (Å²) in [6, 6.07) is 0. The van der Waals surface area contributed by atoms with Crippen LogP contribution in [0.5, 0.6) is 0 Å². The average molecular weight is 137 g/mol. The molecule has 1 aliphatic rings. The fourth-order valence-electron chi connectivity index (χ4n) is 0.875. The van der Waals surface area contributed by atoms with Gasteiger partial charge in [-0.3, -0.25) is 0 Å². The van der Waals surface area contributed by atoms with E-state index in [4.69, 9.17) is 5.11 Å². The summed E-state index contributed by atoms with van der Waals surface area (Å²) in [4.78, 5) is 2.10. The maximum absolute atomic E-state index is 8.38. The van der Waals surface area contributed by atoms with Gasteiger partial charge < -0.3 is 10.0 Å². The average Bonchev–Trinajstić information content (AvgIpc) is 1.95. The fraction of sp³-hybridized carbons (Fsp3) is 0.375. The van der Waals surface area contributed by atoms with Crippen molar-refractivity contribution in [3.8, 4) is 0 Å². The van der Waals surface area contributed by atoms with E-state index in [1.807, 2.05) is 19.3 Å². The van der Waals surface area contributed by atoms with E-state index in [-0.39, 0.29) is 0 Å². The molecule has 0 aromatic carbocycles. The highest BCUT2D eigenvalue weighted by Gasteiger charge is 2.00. The minimum absolute atomic E-state index is 0.962. The van der Waals surface area contributed by atoms with Crippen LogP contribution in [0.2, 0.25) is 0 Å². The first-order valence-corrected chi connectivity index (χ1v) is 3.29. The first-order valence-electron chi connectivity index (χ1n) is 3.29. The molecule has 10 heavy (non-hydrogen) atoms. The molecule has 0 saturated carbocycles. The molecule has 54 valence electrons. The first kappa shape index (κ1) is 6.97. The molecule has 0 bridgehead atoms. The maximum atomic E-state index is 8.38. The predicted octanol–water partition coefficient (Wildman–Crippen LogP) is 1.43. The van der Waals surface area contributed by atoms with Crippen LogP contribution in [-0.4, -0.2) is 23.6 Å². The Kier molecular flexibility index (Phi) is 2.19. The number of rotatable bonds is 0. The van der Waals surface area contributed by atoms with Crippen molar-refractivity contribution in [3.05, 3.63) is 29.8 Å². The molecule has 0 amide bonds. The number of nitrogens with zero attached hydrogens (tertiary/aromatic N) is 1. The number of aliphatic hydroxyl groups excluding tert-OH is 1. The minimum atomic E-state index is 0.962. The van der Waals surface area contributed by atoms with Gasteiger partial charge in [-0.2, -0.15) is 0 Å². The van der Waals surface area contributed by atoms with E-state index in [0.29, 0.717) is 0 Å². The smallest absolute Gasteiger partial charge is 0.122 e. The van der Waals surface area contributed by atoms with E-state index < -0.39 is 0 Å². The molecule has 0 radical (unpaired) electrons. The lowest BCUT2D eigenvalue weighted by Crippen LogP contribution is -2.15. The number of hydrogen-bond donors (Lipinski definition) is 1. The minimum Gasteiger partial charge on any atom is -0.507 e. The molecule has 1 heterocycles. The summed E-state index contributed by atoms with van der Waals surface area (Å²) in [5.74, 6) is 0. The molecule has 2 nitrogen and oxygen atoms in total. The van der Waals surface area contributed by atoms with Gasteiger partial charge in [0.25, 0.3) is 0 Å². The number of allylic oxidation sites excluding steroid dienone is 1. The molecular formula is C8H11NO. The maximum Gasteiger partial charge on any atom is 0.122 e. The van der Waals surface area contributed by atoms with Crippen LogP contribution < -0.4 is 0 Å². The van der Waals surface area contributed by atoms with Crippen molar-refractivity contribution in [2.24, 2.45) is 0 Å². The Morgan fingerprint density at radius 1 is 1.80 bits per heavy atom. The SMILES string of the molecule is CN1C=CC(=C=CO)CC1. The van der Waals surface area contributed by atoms with Gasteiger partial charge in [0.15, 0.2) is 0 Å². The fourth-order valence-corrected chi connectivity index (χ4v) is 0.875. The second-order valence-electron chi connectivity index (χ2n) is 2.35. The zero-order valence-corrected chi connectivity index (χ0v) is 6.04. The standard InChI is InChI=1S/C8H11NO/c1-9-5-2-8(3-6-9)4-7-10/h2,5,7,10H,3,6H2,1H3. The Bertz CT molecular complexity index is 199. The Morgan fingerprint density at radius 3 is 3.10 bits per heavy atom. The Morgan fingerprint density at radius 2 is 2.60 bits per heavy atom. The molecule has 0 atom stereocenters. The van der Waals surface area contributed by atoms with Gasteiger partial charge in [0, 0.05) is 19.2 Å². The summed E-state index contributed by atoms with van der Waals surface area (Å²) in [5.41, 5.74) is 3.79. The highest BCUT2D eigenvalue weighted by atomic mass is 16.2. The van der Waals surface area contributed by atoms with E-state index in [0.717, 1.165) is 24.8 Å². The largest absolute Gasteiger partial charge is 0.507 e. The Balaban J connectivity index is 2.70. The highest BCUT2D eigenvalue weighted by molar-refractivity contribution is 5.19. The van der Waals surface area contributed by atoms with Gasteiger partial charge in [-0.15, -0.1) is 0 Å². The van der Waals surface area contributed by atoms with Crippen molar-refractivity contribution in [3.63, 3.8) is 0 Å². The van der Waals surface area contributed by atoms with E-state index in [9.17, 15) is 0 Å². The lowest BCUT2D eigenvalue weighted by atomic mass is 10.1. The van der Waals surface area contributed by atoms with Crippen molar-refractivity contribution in [2.45, 2.75) is 6.42 Å². The van der Waals surface area contributed by atoms with Crippen molar-refractivity contribution in [1.29, 1.82) is 0 Å². The molecule has 0 aromatic rings. The summed E-state index contributed by atoms with van der Waals surface area (Å²) in [7, 11) is 2.02. The van der Waals surface area contributed by atoms with Gasteiger partial charge in [0.1, 0.15) is 6.26 Å². The van der Waals surface area contributed by atoms with Crippen molar-refractivity contribution >= 4 is 0 Å². The molecule has 0 unspecified atom stereocenters. The van der Waals surface area contributed by atoms with E-state index in [2.05, 4.69) is 10.6 Å². The summed E-state index contributed by atoms with van der Waals surface area (Å²) in [5, 5.41) is 8.38. The molecule has 2 heteroatoms. The molecule has 1 aliphatic heterocycles. The zero-order chi connectivity index (χ0) is 7.40. The molecule has 1 rings (SSSR count). The van der Waals surface area contributed by atoms with Crippen LogP contribution in [0, 0.1) is 0 Å². The van der Waals surface area contributed by atoms with Gasteiger partial charge in [-0.05, 0) is 18.7 Å². The third-order valence-corrected chi connectivity index (χ3v) is 1.51.